The molecule has 0 saturated heterocycles. The van der Waals surface area contributed by atoms with Crippen LogP contribution in [0, 0.1) is 0 Å². The number of hydrogen-bond acceptors (Lipinski definition) is 2. The quantitative estimate of drug-likeness (QED) is 0.818. The third kappa shape index (κ3) is 1.58. The number of anilines is 1. The molecule has 64 valence electrons. The fourth-order valence-corrected chi connectivity index (χ4v) is 1.52. The molecule has 2 N–H and O–H groups in total. The minimum Gasteiger partial charge on any atom is -0.478 e. The molecule has 1 aromatic carbocycles. The van der Waals surface area contributed by atoms with E-state index in [9.17, 15) is 4.79 Å². The van der Waals surface area contributed by atoms with Gasteiger partial charge in [-0.15, -0.1) is 0 Å². The summed E-state index contributed by atoms with van der Waals surface area (Å²) in [5.41, 5.74) is 0.872. The predicted octanol–water partition coefficient (Wildman–Crippen LogP) is 2.19. The summed E-state index contributed by atoms with van der Waals surface area (Å²) in [6.07, 6.45) is 0. The summed E-state index contributed by atoms with van der Waals surface area (Å²) in [6, 6.07) is 5.03. The van der Waals surface area contributed by atoms with Crippen LogP contribution < -0.4 is 5.32 Å². The molecule has 0 amide bonds. The maximum atomic E-state index is 10.7. The summed E-state index contributed by atoms with van der Waals surface area (Å²) in [4.78, 5) is 10.7. The van der Waals surface area contributed by atoms with Crippen LogP contribution in [-0.2, 0) is 0 Å². The number of carbonyl (C=O) groups is 1. The third-order valence-electron chi connectivity index (χ3n) is 1.49. The molecule has 0 fully saturated rings. The summed E-state index contributed by atoms with van der Waals surface area (Å²) in [5, 5.41) is 11.6. The Balaban J connectivity index is 3.27. The van der Waals surface area contributed by atoms with E-state index in [0.717, 1.165) is 4.47 Å². The van der Waals surface area contributed by atoms with Crippen molar-refractivity contribution in [1.29, 1.82) is 0 Å². The second-order valence-corrected chi connectivity index (χ2v) is 3.07. The minimum atomic E-state index is -0.930. The van der Waals surface area contributed by atoms with Crippen LogP contribution in [0.1, 0.15) is 10.4 Å². The Morgan fingerprint density at radius 3 is 2.67 bits per heavy atom. The molecule has 1 aromatic rings. The lowest BCUT2D eigenvalue weighted by atomic mass is 10.2. The van der Waals surface area contributed by atoms with Crippen molar-refractivity contribution in [3.63, 3.8) is 0 Å². The van der Waals surface area contributed by atoms with Crippen molar-refractivity contribution < 1.29 is 9.90 Å². The Labute approximate surface area is 78.5 Å². The van der Waals surface area contributed by atoms with Gasteiger partial charge in [0.25, 0.3) is 0 Å². The zero-order valence-electron chi connectivity index (χ0n) is 6.47. The van der Waals surface area contributed by atoms with Crippen molar-refractivity contribution >= 4 is 27.6 Å². The molecule has 0 aliphatic heterocycles. The first-order valence-corrected chi connectivity index (χ1v) is 4.15. The van der Waals surface area contributed by atoms with Crippen LogP contribution in [0.3, 0.4) is 0 Å². The summed E-state index contributed by atoms with van der Waals surface area (Å²) in [7, 11) is 1.69. The number of hydrogen-bond donors (Lipinski definition) is 2. The average molecular weight is 230 g/mol. The molecule has 0 atom stereocenters. The highest BCUT2D eigenvalue weighted by atomic mass is 79.9. The first-order valence-electron chi connectivity index (χ1n) is 3.36. The maximum absolute atomic E-state index is 10.7. The third-order valence-corrected chi connectivity index (χ3v) is 2.15. The monoisotopic (exact) mass is 229 g/mol. The first kappa shape index (κ1) is 9.06. The molecule has 0 aromatic heterocycles. The van der Waals surface area contributed by atoms with Gasteiger partial charge in [0.2, 0.25) is 0 Å². The summed E-state index contributed by atoms with van der Waals surface area (Å²) in [5.74, 6) is -0.930. The minimum absolute atomic E-state index is 0.270. The lowest BCUT2D eigenvalue weighted by molar-refractivity contribution is 0.0698. The number of carboxylic acid groups (broad SMARTS) is 1. The van der Waals surface area contributed by atoms with Gasteiger partial charge in [-0.25, -0.2) is 4.79 Å². The van der Waals surface area contributed by atoms with E-state index >= 15 is 0 Å². The highest BCUT2D eigenvalue weighted by molar-refractivity contribution is 9.10. The van der Waals surface area contributed by atoms with Crippen LogP contribution in [0.4, 0.5) is 5.69 Å². The Morgan fingerprint density at radius 1 is 1.58 bits per heavy atom. The molecular weight excluding hydrogens is 222 g/mol. The van der Waals surface area contributed by atoms with Gasteiger partial charge in [-0.1, -0.05) is 6.07 Å². The Bertz CT molecular complexity index is 312. The van der Waals surface area contributed by atoms with Crippen molar-refractivity contribution in [3.05, 3.63) is 28.2 Å². The van der Waals surface area contributed by atoms with Crippen molar-refractivity contribution in [3.8, 4) is 0 Å². The van der Waals surface area contributed by atoms with Crippen LogP contribution in [0.25, 0.3) is 0 Å². The van der Waals surface area contributed by atoms with Gasteiger partial charge in [-0.3, -0.25) is 0 Å². The number of benzene rings is 1. The van der Waals surface area contributed by atoms with Gasteiger partial charge in [0.15, 0.2) is 0 Å². The molecule has 0 spiro atoms. The van der Waals surface area contributed by atoms with Crippen LogP contribution in [0.2, 0.25) is 0 Å². The van der Waals surface area contributed by atoms with Crippen molar-refractivity contribution in [2.75, 3.05) is 12.4 Å². The number of para-hydroxylation sites is 1. The molecule has 12 heavy (non-hydrogen) atoms. The van der Waals surface area contributed by atoms with Crippen LogP contribution >= 0.6 is 15.9 Å². The largest absolute Gasteiger partial charge is 0.478 e. The van der Waals surface area contributed by atoms with Crippen molar-refractivity contribution in [2.24, 2.45) is 0 Å². The number of halogens is 1. The molecule has 1 rings (SSSR count). The standard InChI is InChI=1S/C8H8BrNO2/c1-10-7-5(8(11)12)3-2-4-6(7)9/h2-4,10H,1H3,(H,11,12). The van der Waals surface area contributed by atoms with Gasteiger partial charge >= 0.3 is 5.97 Å². The molecule has 3 nitrogen and oxygen atoms in total. The van der Waals surface area contributed by atoms with E-state index in [1.54, 1.807) is 25.2 Å². The lowest BCUT2D eigenvalue weighted by Gasteiger charge is -2.06. The van der Waals surface area contributed by atoms with E-state index in [2.05, 4.69) is 21.2 Å². The molecule has 0 aliphatic carbocycles. The average Bonchev–Trinajstić information content (AvgIpc) is 2.03. The van der Waals surface area contributed by atoms with Crippen LogP contribution in [-0.4, -0.2) is 18.1 Å². The highest BCUT2D eigenvalue weighted by Crippen LogP contribution is 2.25. The van der Waals surface area contributed by atoms with Gasteiger partial charge in [-0.2, -0.15) is 0 Å². The summed E-state index contributed by atoms with van der Waals surface area (Å²) in [6.45, 7) is 0. The molecule has 0 heterocycles. The Hall–Kier alpha value is -1.03. The lowest BCUT2D eigenvalue weighted by Crippen LogP contribution is -2.02. The first-order chi connectivity index (χ1) is 5.66. The topological polar surface area (TPSA) is 49.3 Å². The number of carboxylic acids is 1. The van der Waals surface area contributed by atoms with E-state index < -0.39 is 5.97 Å². The van der Waals surface area contributed by atoms with Gasteiger partial charge in [0.05, 0.1) is 11.3 Å². The second-order valence-electron chi connectivity index (χ2n) is 2.22. The van der Waals surface area contributed by atoms with Crippen LogP contribution in [0.15, 0.2) is 22.7 Å². The fraction of sp³-hybridized carbons (Fsp3) is 0.125. The predicted molar refractivity (Wildman–Crippen MR) is 50.6 cm³/mol. The van der Waals surface area contributed by atoms with Crippen LogP contribution in [0.5, 0.6) is 0 Å². The van der Waals surface area contributed by atoms with Crippen molar-refractivity contribution in [1.82, 2.24) is 0 Å². The van der Waals surface area contributed by atoms with E-state index in [0.29, 0.717) is 5.69 Å². The molecule has 0 saturated carbocycles. The molecule has 0 bridgehead atoms. The normalized spacial score (nSPS) is 9.50. The molecule has 0 aliphatic rings. The zero-order valence-corrected chi connectivity index (χ0v) is 8.05. The second kappa shape index (κ2) is 3.58. The van der Waals surface area contributed by atoms with Crippen molar-refractivity contribution in [2.45, 2.75) is 0 Å². The highest BCUT2D eigenvalue weighted by Gasteiger charge is 2.10. The fourth-order valence-electron chi connectivity index (χ4n) is 0.956. The maximum Gasteiger partial charge on any atom is 0.337 e. The Morgan fingerprint density at radius 2 is 2.25 bits per heavy atom. The van der Waals surface area contributed by atoms with E-state index in [1.165, 1.54) is 0 Å². The Kier molecular flexibility index (Phi) is 2.70. The number of aromatic carboxylic acids is 1. The molecular formula is C8H8BrNO2. The van der Waals surface area contributed by atoms with Gasteiger partial charge < -0.3 is 10.4 Å². The molecule has 0 unspecified atom stereocenters. The van der Waals surface area contributed by atoms with E-state index in [1.807, 2.05) is 0 Å². The SMILES string of the molecule is CNc1c(Br)cccc1C(=O)O. The molecule has 4 heteroatoms. The molecule has 0 radical (unpaired) electrons. The van der Waals surface area contributed by atoms with Gasteiger partial charge in [-0.05, 0) is 28.1 Å². The summed E-state index contributed by atoms with van der Waals surface area (Å²) >= 11 is 3.25. The van der Waals surface area contributed by atoms with E-state index in [-0.39, 0.29) is 5.56 Å². The smallest absolute Gasteiger partial charge is 0.337 e. The van der Waals surface area contributed by atoms with E-state index in [4.69, 9.17) is 5.11 Å². The number of nitrogens with one attached hydrogen (secondary N) is 1. The zero-order chi connectivity index (χ0) is 9.14. The summed E-state index contributed by atoms with van der Waals surface area (Å²) < 4.78 is 0.755. The number of rotatable bonds is 2. The van der Waals surface area contributed by atoms with Gasteiger partial charge in [0.1, 0.15) is 0 Å². The van der Waals surface area contributed by atoms with Gasteiger partial charge in [0, 0.05) is 11.5 Å².